The van der Waals surface area contributed by atoms with Gasteiger partial charge in [-0.1, -0.05) is 329 Å². The van der Waals surface area contributed by atoms with E-state index in [0.717, 1.165) is 71.0 Å². The SMILES string of the molecule is CCCCCCC1CCC(CCC2CCC(CCC3CCC(CCC)CC3)CC2)CC1.CCCCCCCC1CCC(CCC2CCC(CCC3CCC(CCC)CC3)CC2)CC1. The van der Waals surface area contributed by atoms with Gasteiger partial charge < -0.3 is 0 Å². The zero-order valence-electron chi connectivity index (χ0n) is 44.2. The Morgan fingerprint density at radius 1 is 0.159 bits per heavy atom. The fraction of sp³-hybridized carbons (Fsp3) is 1.00. The molecule has 6 aliphatic carbocycles. The molecule has 0 aromatic heterocycles. The minimum Gasteiger partial charge on any atom is -0.0654 e. The van der Waals surface area contributed by atoms with E-state index >= 15 is 0 Å². The van der Waals surface area contributed by atoms with E-state index < -0.39 is 0 Å². The van der Waals surface area contributed by atoms with Crippen molar-refractivity contribution in [1.82, 2.24) is 0 Å². The monoisotopic (exact) mass is 875 g/mol. The van der Waals surface area contributed by atoms with Crippen LogP contribution in [0.3, 0.4) is 0 Å². The highest BCUT2D eigenvalue weighted by Crippen LogP contribution is 2.43. The highest BCUT2D eigenvalue weighted by Gasteiger charge is 2.29. The summed E-state index contributed by atoms with van der Waals surface area (Å²) in [5.74, 6) is 13.1. The molecule has 0 saturated heterocycles. The molecule has 0 heteroatoms. The average molecular weight is 876 g/mol. The van der Waals surface area contributed by atoms with Gasteiger partial charge in [0, 0.05) is 0 Å². The van der Waals surface area contributed by atoms with Crippen LogP contribution in [-0.2, 0) is 0 Å². The van der Waals surface area contributed by atoms with Gasteiger partial charge in [-0.2, -0.15) is 0 Å². The van der Waals surface area contributed by atoms with Gasteiger partial charge in [0.25, 0.3) is 0 Å². The molecule has 0 unspecified atom stereocenters. The molecule has 0 bridgehead atoms. The Kier molecular flexibility index (Phi) is 28.7. The lowest BCUT2D eigenvalue weighted by Gasteiger charge is -2.33. The molecule has 0 spiro atoms. The zero-order chi connectivity index (χ0) is 44.2. The van der Waals surface area contributed by atoms with E-state index in [1.807, 2.05) is 0 Å². The predicted octanol–water partition coefficient (Wildman–Crippen LogP) is 21.9. The lowest BCUT2D eigenvalue weighted by molar-refractivity contribution is 0.194. The normalized spacial score (nSPS) is 34.3. The van der Waals surface area contributed by atoms with Crippen LogP contribution < -0.4 is 0 Å². The third-order valence-electron chi connectivity index (χ3n) is 20.3. The van der Waals surface area contributed by atoms with Gasteiger partial charge in [-0.05, 0) is 71.0 Å². The summed E-state index contributed by atoms with van der Waals surface area (Å²) in [6.07, 6.45) is 72.1. The van der Waals surface area contributed by atoms with Gasteiger partial charge in [0.2, 0.25) is 0 Å². The minimum absolute atomic E-state index is 1.08. The standard InChI is InChI=1S/C32H60.C31H58/c1-3-5-6-7-8-10-28-13-17-30(18-14-28)20-22-32-25-23-31(24-26-32)21-19-29-15-11-27(9-4-2)12-16-29;1-3-5-6-7-9-27-12-16-29(17-13-27)19-21-31-24-22-30(23-25-31)20-18-28-14-10-26(8-4-2)11-15-28/h27-32H,3-26H2,1-2H3;26-31H,3-25H2,1-2H3. The van der Waals surface area contributed by atoms with E-state index in [-0.39, 0.29) is 0 Å². The summed E-state index contributed by atoms with van der Waals surface area (Å²) < 4.78 is 0. The first-order chi connectivity index (χ1) is 31.0. The van der Waals surface area contributed by atoms with E-state index in [9.17, 15) is 0 Å². The zero-order valence-corrected chi connectivity index (χ0v) is 44.2. The van der Waals surface area contributed by atoms with Gasteiger partial charge in [0.1, 0.15) is 0 Å². The maximum absolute atomic E-state index is 2.37. The van der Waals surface area contributed by atoms with Crippen molar-refractivity contribution in [3.63, 3.8) is 0 Å². The molecule has 6 saturated carbocycles. The highest BCUT2D eigenvalue weighted by atomic mass is 14.3. The van der Waals surface area contributed by atoms with Crippen LogP contribution in [0.15, 0.2) is 0 Å². The molecule has 0 aromatic rings. The first kappa shape index (κ1) is 53.9. The second-order valence-corrected chi connectivity index (χ2v) is 25.3. The van der Waals surface area contributed by atoms with Crippen LogP contribution in [0.25, 0.3) is 0 Å². The number of rotatable bonds is 27. The Morgan fingerprint density at radius 2 is 0.317 bits per heavy atom. The molecule has 0 aliphatic heterocycles. The summed E-state index contributed by atoms with van der Waals surface area (Å²) in [5.41, 5.74) is 0. The molecule has 0 atom stereocenters. The van der Waals surface area contributed by atoms with Crippen LogP contribution in [0.2, 0.25) is 0 Å². The third-order valence-corrected chi connectivity index (χ3v) is 20.3. The summed E-state index contributed by atoms with van der Waals surface area (Å²) >= 11 is 0. The molecular formula is C63H118. The Hall–Kier alpha value is 0. The van der Waals surface area contributed by atoms with Gasteiger partial charge in [-0.15, -0.1) is 0 Å². The van der Waals surface area contributed by atoms with Crippen molar-refractivity contribution in [3.05, 3.63) is 0 Å². The molecule has 6 rings (SSSR count). The van der Waals surface area contributed by atoms with Gasteiger partial charge in [-0.3, -0.25) is 0 Å². The maximum Gasteiger partial charge on any atom is -0.0414 e. The van der Waals surface area contributed by atoms with E-state index in [0.29, 0.717) is 0 Å². The Labute approximate surface area is 398 Å². The Bertz CT molecular complexity index is 1010. The van der Waals surface area contributed by atoms with Gasteiger partial charge in [0.05, 0.1) is 0 Å². The summed E-state index contributed by atoms with van der Waals surface area (Å²) in [7, 11) is 0. The number of hydrogen-bond acceptors (Lipinski definition) is 0. The molecule has 0 amide bonds. The van der Waals surface area contributed by atoms with Crippen LogP contribution in [-0.4, -0.2) is 0 Å². The number of unbranched alkanes of at least 4 members (excludes halogenated alkanes) is 7. The van der Waals surface area contributed by atoms with E-state index in [1.54, 1.807) is 212 Å². The van der Waals surface area contributed by atoms with Crippen molar-refractivity contribution in [1.29, 1.82) is 0 Å². The van der Waals surface area contributed by atoms with Gasteiger partial charge >= 0.3 is 0 Å². The Morgan fingerprint density at radius 3 is 0.508 bits per heavy atom. The van der Waals surface area contributed by atoms with Crippen LogP contribution in [0.4, 0.5) is 0 Å². The smallest absolute Gasteiger partial charge is 0.0414 e. The first-order valence-electron chi connectivity index (χ1n) is 31.0. The van der Waals surface area contributed by atoms with Crippen molar-refractivity contribution < 1.29 is 0 Å². The topological polar surface area (TPSA) is 0 Å². The van der Waals surface area contributed by atoms with Crippen molar-refractivity contribution in [2.45, 2.75) is 329 Å². The largest absolute Gasteiger partial charge is 0.0654 e. The molecule has 370 valence electrons. The van der Waals surface area contributed by atoms with Gasteiger partial charge in [-0.25, -0.2) is 0 Å². The van der Waals surface area contributed by atoms with E-state index in [1.165, 1.54) is 89.9 Å². The number of hydrogen-bond donors (Lipinski definition) is 0. The van der Waals surface area contributed by atoms with Crippen molar-refractivity contribution in [3.8, 4) is 0 Å². The van der Waals surface area contributed by atoms with Crippen LogP contribution in [0.1, 0.15) is 329 Å². The average Bonchev–Trinajstić information content (AvgIpc) is 3.33. The molecule has 0 radical (unpaired) electrons. The minimum atomic E-state index is 1.08. The van der Waals surface area contributed by atoms with Crippen LogP contribution >= 0.6 is 0 Å². The third kappa shape index (κ3) is 22.8. The summed E-state index contributed by atoms with van der Waals surface area (Å²) in [5, 5.41) is 0. The fourth-order valence-corrected chi connectivity index (χ4v) is 15.5. The molecule has 0 aromatic carbocycles. The molecule has 6 fully saturated rings. The summed E-state index contributed by atoms with van der Waals surface area (Å²) in [6, 6.07) is 0. The highest BCUT2D eigenvalue weighted by molar-refractivity contribution is 4.81. The van der Waals surface area contributed by atoms with Crippen LogP contribution in [0, 0.1) is 71.0 Å². The van der Waals surface area contributed by atoms with Gasteiger partial charge in [0.15, 0.2) is 0 Å². The van der Waals surface area contributed by atoms with Crippen LogP contribution in [0.5, 0.6) is 0 Å². The molecule has 63 heavy (non-hydrogen) atoms. The van der Waals surface area contributed by atoms with E-state index in [2.05, 4.69) is 27.7 Å². The van der Waals surface area contributed by atoms with E-state index in [4.69, 9.17) is 0 Å². The second-order valence-electron chi connectivity index (χ2n) is 25.3. The molecule has 0 heterocycles. The molecule has 0 nitrogen and oxygen atoms in total. The first-order valence-corrected chi connectivity index (χ1v) is 31.0. The van der Waals surface area contributed by atoms with Crippen molar-refractivity contribution in [2.24, 2.45) is 71.0 Å². The quantitative estimate of drug-likeness (QED) is 0.0722. The maximum atomic E-state index is 2.37. The summed E-state index contributed by atoms with van der Waals surface area (Å²) in [6.45, 7) is 9.39. The van der Waals surface area contributed by atoms with Crippen molar-refractivity contribution >= 4 is 0 Å². The predicted molar refractivity (Wildman–Crippen MR) is 282 cm³/mol. The molecular weight excluding hydrogens is 757 g/mol. The lowest BCUT2D eigenvalue weighted by atomic mass is 9.73. The molecule has 6 aliphatic rings. The van der Waals surface area contributed by atoms with Crippen molar-refractivity contribution in [2.75, 3.05) is 0 Å². The Balaban J connectivity index is 0.000000238. The fourth-order valence-electron chi connectivity index (χ4n) is 15.5. The lowest BCUT2D eigenvalue weighted by Crippen LogP contribution is -2.19. The summed E-state index contributed by atoms with van der Waals surface area (Å²) in [4.78, 5) is 0. The second kappa shape index (κ2) is 33.5. The molecule has 0 N–H and O–H groups in total.